The lowest BCUT2D eigenvalue weighted by Gasteiger charge is -2.24. The molecule has 1 fully saturated rings. The van der Waals surface area contributed by atoms with Crippen LogP contribution in [0.2, 0.25) is 0 Å². The lowest BCUT2D eigenvalue weighted by atomic mass is 9.97. The third-order valence-electron chi connectivity index (χ3n) is 5.07. The predicted molar refractivity (Wildman–Crippen MR) is 119 cm³/mol. The summed E-state index contributed by atoms with van der Waals surface area (Å²) in [7, 11) is -2.25. The Labute approximate surface area is 186 Å². The van der Waals surface area contributed by atoms with E-state index in [0.717, 1.165) is 10.6 Å². The van der Waals surface area contributed by atoms with Crippen molar-refractivity contribution < 1.29 is 27.4 Å². The second-order valence-corrected chi connectivity index (χ2v) is 10.1. The van der Waals surface area contributed by atoms with Gasteiger partial charge in [0.2, 0.25) is 16.0 Å². The summed E-state index contributed by atoms with van der Waals surface area (Å²) in [6.45, 7) is 3.81. The van der Waals surface area contributed by atoms with E-state index in [2.05, 4.69) is 9.97 Å². The number of hydrogen-bond acceptors (Lipinski definition) is 7. The normalized spacial score (nSPS) is 19.4. The Hall–Kier alpha value is -2.85. The number of rotatable bonds is 6. The molecule has 172 valence electrons. The van der Waals surface area contributed by atoms with Gasteiger partial charge in [0.1, 0.15) is 11.9 Å². The molecule has 10 heteroatoms. The molecule has 0 unspecified atom stereocenters. The highest BCUT2D eigenvalue weighted by molar-refractivity contribution is 7.92. The van der Waals surface area contributed by atoms with Crippen LogP contribution in [0.25, 0.3) is 17.3 Å². The van der Waals surface area contributed by atoms with Crippen LogP contribution < -0.4 is 4.31 Å². The van der Waals surface area contributed by atoms with E-state index < -0.39 is 34.0 Å². The molecule has 2 atom stereocenters. The monoisotopic (exact) mass is 463 g/mol. The second-order valence-electron chi connectivity index (χ2n) is 8.04. The molecule has 2 heterocycles. The molecule has 1 saturated heterocycles. The van der Waals surface area contributed by atoms with E-state index >= 15 is 0 Å². The molecular weight excluding hydrogens is 437 g/mol. The van der Waals surface area contributed by atoms with Crippen LogP contribution in [-0.4, -0.2) is 55.0 Å². The molecule has 0 saturated carbocycles. The van der Waals surface area contributed by atoms with Gasteiger partial charge in [-0.05, 0) is 36.3 Å². The van der Waals surface area contributed by atoms with E-state index in [-0.39, 0.29) is 24.7 Å². The number of benzene rings is 1. The minimum absolute atomic E-state index is 0.00723. The van der Waals surface area contributed by atoms with Gasteiger partial charge in [-0.1, -0.05) is 19.9 Å². The minimum atomic E-state index is -3.61. The maximum atomic E-state index is 13.5. The van der Waals surface area contributed by atoms with Crippen molar-refractivity contribution in [2.75, 3.05) is 17.6 Å². The maximum Gasteiger partial charge on any atom is 0.309 e. The number of aliphatic hydroxyl groups is 1. The molecule has 32 heavy (non-hydrogen) atoms. The topological polar surface area (TPSA) is 110 Å². The number of nitrogens with zero attached hydrogens (tertiary/aromatic N) is 3. The number of sulfonamides is 1. The Morgan fingerprint density at radius 2 is 1.91 bits per heavy atom. The molecule has 1 aromatic heterocycles. The summed E-state index contributed by atoms with van der Waals surface area (Å²) in [6.07, 6.45) is 3.23. The number of aliphatic hydroxyl groups excluding tert-OH is 1. The lowest BCUT2D eigenvalue weighted by Crippen LogP contribution is -2.31. The second kappa shape index (κ2) is 9.33. The fourth-order valence-electron chi connectivity index (χ4n) is 3.33. The Morgan fingerprint density at radius 3 is 2.47 bits per heavy atom. The van der Waals surface area contributed by atoms with Crippen LogP contribution in [0.3, 0.4) is 0 Å². The van der Waals surface area contributed by atoms with Crippen molar-refractivity contribution in [3.8, 4) is 11.3 Å². The standard InChI is InChI=1S/C22H26FN3O5S/c1-13(2)20-18(10-9-17-11-16(27)12-19(28)31-17)21(14-5-7-15(23)8-6-14)25-22(24-20)26(3)32(4,29)30/h5-10,13,16-17,27H,11-12H2,1-4H3/b10-9+/t16-,17-/m0/s1. The van der Waals surface area contributed by atoms with Crippen molar-refractivity contribution >= 4 is 28.0 Å². The smallest absolute Gasteiger partial charge is 0.309 e. The first-order chi connectivity index (χ1) is 15.0. The van der Waals surface area contributed by atoms with Gasteiger partial charge in [-0.3, -0.25) is 4.79 Å². The number of hydrogen-bond donors (Lipinski definition) is 1. The van der Waals surface area contributed by atoms with Gasteiger partial charge in [-0.2, -0.15) is 0 Å². The van der Waals surface area contributed by atoms with Gasteiger partial charge in [0.15, 0.2) is 0 Å². The lowest BCUT2D eigenvalue weighted by molar-refractivity contribution is -0.156. The van der Waals surface area contributed by atoms with Gasteiger partial charge in [-0.25, -0.2) is 27.1 Å². The average Bonchev–Trinajstić information content (AvgIpc) is 2.70. The van der Waals surface area contributed by atoms with Crippen LogP contribution in [0.5, 0.6) is 0 Å². The van der Waals surface area contributed by atoms with Crippen LogP contribution in [0.1, 0.15) is 43.9 Å². The molecule has 0 aliphatic carbocycles. The van der Waals surface area contributed by atoms with Gasteiger partial charge in [0.25, 0.3) is 0 Å². The number of carbonyl (C=O) groups is 1. The summed E-state index contributed by atoms with van der Waals surface area (Å²) < 4.78 is 44.0. The van der Waals surface area contributed by atoms with Crippen molar-refractivity contribution in [3.05, 3.63) is 47.4 Å². The highest BCUT2D eigenvalue weighted by atomic mass is 32.2. The Kier molecular flexibility index (Phi) is 6.94. The van der Waals surface area contributed by atoms with Crippen molar-refractivity contribution in [1.82, 2.24) is 9.97 Å². The maximum absolute atomic E-state index is 13.5. The number of ether oxygens (including phenoxy) is 1. The highest BCUT2D eigenvalue weighted by Gasteiger charge is 2.26. The molecule has 1 aliphatic heterocycles. The summed E-state index contributed by atoms with van der Waals surface area (Å²) in [4.78, 5) is 20.6. The van der Waals surface area contributed by atoms with Crippen molar-refractivity contribution in [2.24, 2.45) is 0 Å². The Balaban J connectivity index is 2.17. The first-order valence-corrected chi connectivity index (χ1v) is 12.0. The van der Waals surface area contributed by atoms with Crippen molar-refractivity contribution in [1.29, 1.82) is 0 Å². The zero-order chi connectivity index (χ0) is 23.6. The molecule has 1 aromatic carbocycles. The number of halogens is 1. The molecule has 1 N–H and O–H groups in total. The largest absolute Gasteiger partial charge is 0.458 e. The number of aromatic nitrogens is 2. The molecule has 2 aromatic rings. The van der Waals surface area contributed by atoms with Gasteiger partial charge in [0, 0.05) is 24.6 Å². The van der Waals surface area contributed by atoms with Gasteiger partial charge in [0.05, 0.1) is 30.2 Å². The van der Waals surface area contributed by atoms with Gasteiger partial charge in [-0.15, -0.1) is 0 Å². The molecule has 0 spiro atoms. The van der Waals surface area contributed by atoms with Crippen LogP contribution in [0.15, 0.2) is 30.3 Å². The van der Waals surface area contributed by atoms with Crippen molar-refractivity contribution in [2.45, 2.75) is 44.8 Å². The summed E-state index contributed by atoms with van der Waals surface area (Å²) >= 11 is 0. The average molecular weight is 464 g/mol. The summed E-state index contributed by atoms with van der Waals surface area (Å²) in [5.74, 6) is -1.02. The molecule has 0 radical (unpaired) electrons. The Bertz CT molecular complexity index is 1130. The third-order valence-corrected chi connectivity index (χ3v) is 6.23. The first kappa shape index (κ1) is 23.8. The van der Waals surface area contributed by atoms with E-state index in [4.69, 9.17) is 4.74 Å². The molecular formula is C22H26FN3O5S. The van der Waals surface area contributed by atoms with Crippen LogP contribution in [0.4, 0.5) is 10.3 Å². The molecule has 1 aliphatic rings. The highest BCUT2D eigenvalue weighted by Crippen LogP contribution is 2.32. The molecule has 0 bridgehead atoms. The fraction of sp³-hybridized carbons (Fsp3) is 0.409. The predicted octanol–water partition coefficient (Wildman–Crippen LogP) is 2.88. The van der Waals surface area contributed by atoms with Crippen molar-refractivity contribution in [3.63, 3.8) is 0 Å². The molecule has 8 nitrogen and oxygen atoms in total. The van der Waals surface area contributed by atoms with Gasteiger partial charge >= 0.3 is 5.97 Å². The summed E-state index contributed by atoms with van der Waals surface area (Å²) in [5.41, 5.74) is 2.14. The van der Waals surface area contributed by atoms with Crippen LogP contribution >= 0.6 is 0 Å². The van der Waals surface area contributed by atoms with E-state index in [0.29, 0.717) is 22.5 Å². The van der Waals surface area contributed by atoms with Crippen LogP contribution in [-0.2, 0) is 19.6 Å². The van der Waals surface area contributed by atoms with E-state index in [1.165, 1.54) is 19.2 Å². The number of esters is 1. The molecule has 0 amide bonds. The van der Waals surface area contributed by atoms with E-state index in [9.17, 15) is 22.7 Å². The fourth-order valence-corrected chi connectivity index (χ4v) is 3.70. The zero-order valence-corrected chi connectivity index (χ0v) is 19.1. The first-order valence-electron chi connectivity index (χ1n) is 10.1. The number of cyclic esters (lactones) is 1. The van der Waals surface area contributed by atoms with E-state index in [1.807, 2.05) is 13.8 Å². The summed E-state index contributed by atoms with van der Waals surface area (Å²) in [6, 6.07) is 5.68. The number of carbonyl (C=O) groups excluding carboxylic acids is 1. The molecule has 3 rings (SSSR count). The van der Waals surface area contributed by atoms with E-state index in [1.54, 1.807) is 24.3 Å². The minimum Gasteiger partial charge on any atom is -0.458 e. The number of anilines is 1. The summed E-state index contributed by atoms with van der Waals surface area (Å²) in [5, 5.41) is 9.86. The third kappa shape index (κ3) is 5.49. The SMILES string of the molecule is CC(C)c1nc(N(C)S(C)(=O)=O)nc(-c2ccc(F)cc2)c1/C=C/[C@H]1C[C@H](O)CC(=O)O1. The Morgan fingerprint density at radius 1 is 1.25 bits per heavy atom. The zero-order valence-electron chi connectivity index (χ0n) is 18.3. The quantitative estimate of drug-likeness (QED) is 0.656. The van der Waals surface area contributed by atoms with Crippen LogP contribution in [0, 0.1) is 5.82 Å². The van der Waals surface area contributed by atoms with Gasteiger partial charge < -0.3 is 9.84 Å².